The van der Waals surface area contributed by atoms with Gasteiger partial charge in [0.1, 0.15) is 0 Å². The van der Waals surface area contributed by atoms with E-state index in [1.807, 2.05) is 58.9 Å². The summed E-state index contributed by atoms with van der Waals surface area (Å²) in [4.78, 5) is 12.2. The third kappa shape index (κ3) is 4.07. The Balaban J connectivity index is 2.17. The molecule has 1 amide bonds. The topological polar surface area (TPSA) is 72.7 Å². The average molecular weight is 319 g/mol. The number of hydrogen-bond acceptors (Lipinski definition) is 5. The molecule has 0 aliphatic rings. The standard InChI is InChI=1S/C15H21N5OS/c1-10-8-6-7-9-12(10)20-14(17-18-19-20)22-11(2)13(21)16-15(3,4)5/h6-9,11H,1-5H3,(H,16,21)/t11-/m1/s1. The monoisotopic (exact) mass is 319 g/mol. The Morgan fingerprint density at radius 2 is 2.00 bits per heavy atom. The largest absolute Gasteiger partial charge is 0.351 e. The molecule has 0 unspecified atom stereocenters. The van der Waals surface area contributed by atoms with Crippen LogP contribution in [0.4, 0.5) is 0 Å². The van der Waals surface area contributed by atoms with Crippen molar-refractivity contribution >= 4 is 17.7 Å². The van der Waals surface area contributed by atoms with Crippen molar-refractivity contribution in [3.8, 4) is 5.69 Å². The average Bonchev–Trinajstić information content (AvgIpc) is 2.85. The van der Waals surface area contributed by atoms with Crippen molar-refractivity contribution in [2.45, 2.75) is 50.6 Å². The minimum atomic E-state index is -0.284. The summed E-state index contributed by atoms with van der Waals surface area (Å²) in [6.07, 6.45) is 0. The van der Waals surface area contributed by atoms with Crippen molar-refractivity contribution < 1.29 is 4.79 Å². The minimum absolute atomic E-state index is 0.0307. The van der Waals surface area contributed by atoms with Crippen LogP contribution in [0.15, 0.2) is 29.4 Å². The summed E-state index contributed by atoms with van der Waals surface area (Å²) < 4.78 is 1.67. The summed E-state index contributed by atoms with van der Waals surface area (Å²) in [5, 5.41) is 15.1. The molecule has 1 aromatic carbocycles. The first-order valence-electron chi connectivity index (χ1n) is 7.11. The Labute approximate surface area is 134 Å². The van der Waals surface area contributed by atoms with Gasteiger partial charge in [-0.25, -0.2) is 0 Å². The number of amides is 1. The van der Waals surface area contributed by atoms with Crippen molar-refractivity contribution in [1.29, 1.82) is 0 Å². The van der Waals surface area contributed by atoms with Crippen LogP contribution in [0, 0.1) is 6.92 Å². The maximum absolute atomic E-state index is 12.2. The molecule has 2 aromatic rings. The second-order valence-electron chi connectivity index (χ2n) is 6.16. The molecule has 0 bridgehead atoms. The van der Waals surface area contributed by atoms with Gasteiger partial charge in [0, 0.05) is 5.54 Å². The molecule has 0 radical (unpaired) electrons. The highest BCUT2D eigenvalue weighted by Gasteiger charge is 2.23. The molecule has 22 heavy (non-hydrogen) atoms. The fraction of sp³-hybridized carbons (Fsp3) is 0.467. The molecule has 1 heterocycles. The van der Waals surface area contributed by atoms with Gasteiger partial charge in [-0.2, -0.15) is 4.68 Å². The summed E-state index contributed by atoms with van der Waals surface area (Å²) in [5.74, 6) is -0.0307. The van der Waals surface area contributed by atoms with Gasteiger partial charge in [0.05, 0.1) is 10.9 Å². The van der Waals surface area contributed by atoms with Crippen LogP contribution in [0.1, 0.15) is 33.3 Å². The summed E-state index contributed by atoms with van der Waals surface area (Å²) in [6.45, 7) is 9.73. The highest BCUT2D eigenvalue weighted by atomic mass is 32.2. The second-order valence-corrected chi connectivity index (χ2v) is 7.47. The van der Waals surface area contributed by atoms with E-state index in [0.29, 0.717) is 5.16 Å². The van der Waals surface area contributed by atoms with Crippen LogP contribution in [-0.2, 0) is 4.79 Å². The van der Waals surface area contributed by atoms with E-state index in [-0.39, 0.29) is 16.7 Å². The van der Waals surface area contributed by atoms with Gasteiger partial charge in [-0.05, 0) is 56.7 Å². The number of benzene rings is 1. The highest BCUT2D eigenvalue weighted by molar-refractivity contribution is 8.00. The molecule has 0 aliphatic carbocycles. The molecule has 0 aliphatic heterocycles. The number of thioether (sulfide) groups is 1. The lowest BCUT2D eigenvalue weighted by molar-refractivity contribution is -0.121. The number of aromatic nitrogens is 4. The van der Waals surface area contributed by atoms with E-state index < -0.39 is 0 Å². The molecule has 2 rings (SSSR count). The number of carbonyl (C=O) groups excluding carboxylic acids is 1. The zero-order chi connectivity index (χ0) is 16.3. The molecule has 118 valence electrons. The molecule has 0 saturated heterocycles. The van der Waals surface area contributed by atoms with E-state index in [1.165, 1.54) is 11.8 Å². The maximum atomic E-state index is 12.2. The molecule has 0 saturated carbocycles. The first-order valence-corrected chi connectivity index (χ1v) is 7.99. The van der Waals surface area contributed by atoms with Gasteiger partial charge in [0.25, 0.3) is 0 Å². The van der Waals surface area contributed by atoms with E-state index in [9.17, 15) is 4.79 Å². The molecule has 0 fully saturated rings. The van der Waals surface area contributed by atoms with E-state index in [0.717, 1.165) is 11.3 Å². The normalized spacial score (nSPS) is 13.0. The molecule has 1 N–H and O–H groups in total. The number of nitrogens with zero attached hydrogens (tertiary/aromatic N) is 4. The van der Waals surface area contributed by atoms with Crippen LogP contribution in [-0.4, -0.2) is 36.9 Å². The number of aryl methyl sites for hydroxylation is 1. The quantitative estimate of drug-likeness (QED) is 0.876. The summed E-state index contributed by atoms with van der Waals surface area (Å²) in [5.41, 5.74) is 1.73. The molecular formula is C15H21N5OS. The van der Waals surface area contributed by atoms with Crippen molar-refractivity contribution in [3.05, 3.63) is 29.8 Å². The molecule has 0 spiro atoms. The first kappa shape index (κ1) is 16.5. The lowest BCUT2D eigenvalue weighted by Gasteiger charge is -2.22. The van der Waals surface area contributed by atoms with Crippen LogP contribution in [0.5, 0.6) is 0 Å². The van der Waals surface area contributed by atoms with Crippen LogP contribution >= 0.6 is 11.8 Å². The van der Waals surface area contributed by atoms with Gasteiger partial charge in [0.2, 0.25) is 11.1 Å². The number of tetrazole rings is 1. The van der Waals surface area contributed by atoms with Gasteiger partial charge >= 0.3 is 0 Å². The number of hydrogen-bond donors (Lipinski definition) is 1. The van der Waals surface area contributed by atoms with Gasteiger partial charge in [-0.3, -0.25) is 4.79 Å². The third-order valence-corrected chi connectivity index (χ3v) is 3.97. The molecule has 1 atom stereocenters. The van der Waals surface area contributed by atoms with Crippen LogP contribution < -0.4 is 5.32 Å². The number of para-hydroxylation sites is 1. The summed E-state index contributed by atoms with van der Waals surface area (Å²) in [7, 11) is 0. The Morgan fingerprint density at radius 3 is 2.64 bits per heavy atom. The first-order chi connectivity index (χ1) is 10.3. The lowest BCUT2D eigenvalue weighted by Crippen LogP contribution is -2.44. The van der Waals surface area contributed by atoms with E-state index in [2.05, 4.69) is 20.8 Å². The molecule has 7 heteroatoms. The Hall–Kier alpha value is -1.89. The predicted octanol–water partition coefficient (Wildman–Crippen LogP) is 2.37. The van der Waals surface area contributed by atoms with Gasteiger partial charge in [0.15, 0.2) is 0 Å². The fourth-order valence-electron chi connectivity index (χ4n) is 1.89. The van der Waals surface area contributed by atoms with Gasteiger partial charge in [-0.1, -0.05) is 30.0 Å². The van der Waals surface area contributed by atoms with Crippen LogP contribution in [0.3, 0.4) is 0 Å². The second kappa shape index (κ2) is 6.48. The smallest absolute Gasteiger partial charge is 0.233 e. The third-order valence-electron chi connectivity index (χ3n) is 2.93. The summed E-state index contributed by atoms with van der Waals surface area (Å²) in [6, 6.07) is 7.86. The van der Waals surface area contributed by atoms with Crippen LogP contribution in [0.2, 0.25) is 0 Å². The zero-order valence-electron chi connectivity index (χ0n) is 13.5. The van der Waals surface area contributed by atoms with E-state index in [1.54, 1.807) is 4.68 Å². The molecule has 1 aromatic heterocycles. The Bertz CT molecular complexity index is 662. The zero-order valence-corrected chi connectivity index (χ0v) is 14.3. The van der Waals surface area contributed by atoms with Gasteiger partial charge < -0.3 is 5.32 Å². The van der Waals surface area contributed by atoms with Gasteiger partial charge in [-0.15, -0.1) is 5.10 Å². The highest BCUT2D eigenvalue weighted by Crippen LogP contribution is 2.24. The Kier molecular flexibility index (Phi) is 4.85. The fourth-order valence-corrected chi connectivity index (χ4v) is 2.69. The van der Waals surface area contributed by atoms with E-state index >= 15 is 0 Å². The van der Waals surface area contributed by atoms with Crippen LogP contribution in [0.25, 0.3) is 5.69 Å². The molecule has 6 nitrogen and oxygen atoms in total. The van der Waals surface area contributed by atoms with E-state index in [4.69, 9.17) is 0 Å². The van der Waals surface area contributed by atoms with Crippen molar-refractivity contribution in [2.75, 3.05) is 0 Å². The minimum Gasteiger partial charge on any atom is -0.351 e. The SMILES string of the molecule is Cc1ccccc1-n1nnnc1S[C@H](C)C(=O)NC(C)(C)C. The number of nitrogens with one attached hydrogen (secondary N) is 1. The lowest BCUT2D eigenvalue weighted by atomic mass is 10.1. The van der Waals surface area contributed by atoms with Crippen molar-refractivity contribution in [2.24, 2.45) is 0 Å². The maximum Gasteiger partial charge on any atom is 0.233 e. The Morgan fingerprint density at radius 1 is 1.32 bits per heavy atom. The predicted molar refractivity (Wildman–Crippen MR) is 87.1 cm³/mol. The van der Waals surface area contributed by atoms with Crippen molar-refractivity contribution in [3.63, 3.8) is 0 Å². The number of rotatable bonds is 4. The summed E-state index contributed by atoms with van der Waals surface area (Å²) >= 11 is 1.34. The molecular weight excluding hydrogens is 298 g/mol. The van der Waals surface area contributed by atoms with Crippen molar-refractivity contribution in [1.82, 2.24) is 25.5 Å². The number of carbonyl (C=O) groups is 1.